The number of hydrogen-bond donors (Lipinski definition) is 2. The number of pyridine rings is 1. The van der Waals surface area contributed by atoms with E-state index in [4.69, 9.17) is 4.74 Å². The zero-order valence-electron chi connectivity index (χ0n) is 16.0. The van der Waals surface area contributed by atoms with Crippen molar-refractivity contribution in [2.75, 3.05) is 5.32 Å². The Hall–Kier alpha value is -3.89. The van der Waals surface area contributed by atoms with Gasteiger partial charge in [-0.15, -0.1) is 0 Å². The zero-order chi connectivity index (χ0) is 21.3. The van der Waals surface area contributed by atoms with Gasteiger partial charge in [-0.05, 0) is 19.1 Å². The van der Waals surface area contributed by atoms with Gasteiger partial charge in [0.2, 0.25) is 0 Å². The van der Waals surface area contributed by atoms with E-state index in [1.165, 1.54) is 24.0 Å². The second-order valence-corrected chi connectivity index (χ2v) is 6.58. The van der Waals surface area contributed by atoms with Crippen LogP contribution in [-0.2, 0) is 7.05 Å². The third-order valence-corrected chi connectivity index (χ3v) is 4.27. The van der Waals surface area contributed by atoms with Crippen LogP contribution in [0.1, 0.15) is 17.3 Å². The lowest BCUT2D eigenvalue weighted by Crippen LogP contribution is -2.22. The number of aryl methyl sites for hydroxylation is 1. The van der Waals surface area contributed by atoms with Crippen molar-refractivity contribution in [3.05, 3.63) is 48.5 Å². The molecule has 11 heteroatoms. The van der Waals surface area contributed by atoms with Crippen LogP contribution in [0.5, 0.6) is 6.01 Å². The van der Waals surface area contributed by atoms with Crippen LogP contribution in [0.15, 0.2) is 43.0 Å². The topological polar surface area (TPSA) is 111 Å². The fraction of sp³-hybridized carbons (Fsp3) is 0.211. The lowest BCUT2D eigenvalue weighted by molar-refractivity contribution is 0.0175. The van der Waals surface area contributed by atoms with E-state index in [2.05, 4.69) is 30.4 Å². The second-order valence-electron chi connectivity index (χ2n) is 6.58. The predicted octanol–water partition coefficient (Wildman–Crippen LogP) is 3.04. The molecule has 0 bridgehead atoms. The Labute approximate surface area is 169 Å². The second kappa shape index (κ2) is 7.85. The summed E-state index contributed by atoms with van der Waals surface area (Å²) in [5.74, 6) is 0.0368. The first-order valence-electron chi connectivity index (χ1n) is 8.96. The van der Waals surface area contributed by atoms with E-state index in [0.717, 1.165) is 5.39 Å². The predicted molar refractivity (Wildman–Crippen MR) is 104 cm³/mol. The third kappa shape index (κ3) is 4.09. The average molecular weight is 413 g/mol. The summed E-state index contributed by atoms with van der Waals surface area (Å²) in [4.78, 5) is 27.7. The number of nitrogens with zero attached hydrogens (tertiary/aromatic N) is 5. The quantitative estimate of drug-likeness (QED) is 0.503. The number of carbonyl (C=O) groups is 1. The van der Waals surface area contributed by atoms with Gasteiger partial charge in [-0.25, -0.2) is 18.7 Å². The van der Waals surface area contributed by atoms with Crippen LogP contribution in [0.4, 0.5) is 14.6 Å². The fourth-order valence-corrected chi connectivity index (χ4v) is 2.72. The highest BCUT2D eigenvalue weighted by Crippen LogP contribution is 2.25. The van der Waals surface area contributed by atoms with Crippen molar-refractivity contribution < 1.29 is 18.3 Å². The lowest BCUT2D eigenvalue weighted by atomic mass is 10.2. The number of ether oxygens (including phenoxy) is 1. The summed E-state index contributed by atoms with van der Waals surface area (Å²) >= 11 is 0. The number of H-pyrrole nitrogens is 1. The molecular formula is C19H17F2N7O2. The molecule has 4 aromatic heterocycles. The molecule has 0 saturated heterocycles. The molecule has 0 spiro atoms. The highest BCUT2D eigenvalue weighted by atomic mass is 19.3. The number of aromatic amines is 1. The molecule has 0 radical (unpaired) electrons. The molecule has 0 saturated carbocycles. The average Bonchev–Trinajstić information content (AvgIpc) is 3.34. The van der Waals surface area contributed by atoms with Crippen LogP contribution in [0.3, 0.4) is 0 Å². The van der Waals surface area contributed by atoms with Gasteiger partial charge >= 0.3 is 6.01 Å². The van der Waals surface area contributed by atoms with Crippen LogP contribution >= 0.6 is 0 Å². The molecule has 4 rings (SSSR count). The minimum Gasteiger partial charge on any atom is -0.454 e. The van der Waals surface area contributed by atoms with Crippen LogP contribution < -0.4 is 10.1 Å². The van der Waals surface area contributed by atoms with Gasteiger partial charge in [0.1, 0.15) is 5.82 Å². The Morgan fingerprint density at radius 3 is 2.83 bits per heavy atom. The maximum Gasteiger partial charge on any atom is 0.317 e. The van der Waals surface area contributed by atoms with E-state index in [1.807, 2.05) is 0 Å². The summed E-state index contributed by atoms with van der Waals surface area (Å²) < 4.78 is 32.0. The molecule has 0 aliphatic heterocycles. The monoisotopic (exact) mass is 413 g/mol. The van der Waals surface area contributed by atoms with Crippen molar-refractivity contribution in [2.45, 2.75) is 19.5 Å². The molecule has 0 aliphatic rings. The minimum atomic E-state index is -2.64. The molecule has 0 aliphatic carbocycles. The zero-order valence-corrected chi connectivity index (χ0v) is 16.0. The number of amides is 1. The Morgan fingerprint density at radius 2 is 2.10 bits per heavy atom. The van der Waals surface area contributed by atoms with Gasteiger partial charge < -0.3 is 15.0 Å². The third-order valence-electron chi connectivity index (χ3n) is 4.27. The maximum absolute atomic E-state index is 12.7. The van der Waals surface area contributed by atoms with E-state index in [9.17, 15) is 13.6 Å². The van der Waals surface area contributed by atoms with E-state index in [0.29, 0.717) is 28.3 Å². The Kier molecular flexibility index (Phi) is 5.09. The SMILES string of the molecule is CC(Oc1nccc(-c2cc3cnc(NC(=O)c4cnn(C)c4)cc3[nH]2)n1)C(F)F. The molecule has 9 nitrogen and oxygen atoms in total. The smallest absolute Gasteiger partial charge is 0.317 e. The van der Waals surface area contributed by atoms with Crippen LogP contribution in [0, 0.1) is 0 Å². The van der Waals surface area contributed by atoms with Gasteiger partial charge in [0.05, 0.1) is 28.7 Å². The molecule has 30 heavy (non-hydrogen) atoms. The molecule has 1 atom stereocenters. The van der Waals surface area contributed by atoms with Crippen molar-refractivity contribution in [1.82, 2.24) is 29.7 Å². The highest BCUT2D eigenvalue weighted by molar-refractivity contribution is 6.04. The number of fused-ring (bicyclic) bond motifs is 1. The van der Waals surface area contributed by atoms with Crippen molar-refractivity contribution in [2.24, 2.45) is 7.05 Å². The van der Waals surface area contributed by atoms with E-state index in [-0.39, 0.29) is 11.9 Å². The first kappa shape index (κ1) is 19.4. The molecule has 154 valence electrons. The molecule has 0 aromatic carbocycles. The summed E-state index contributed by atoms with van der Waals surface area (Å²) in [5.41, 5.74) is 2.22. The summed E-state index contributed by atoms with van der Waals surface area (Å²) in [5, 5.41) is 7.46. The van der Waals surface area contributed by atoms with E-state index in [1.54, 1.807) is 37.6 Å². The van der Waals surface area contributed by atoms with E-state index >= 15 is 0 Å². The van der Waals surface area contributed by atoms with Gasteiger partial charge in [-0.1, -0.05) is 0 Å². The molecule has 4 heterocycles. The summed E-state index contributed by atoms with van der Waals surface area (Å²) in [7, 11) is 1.72. The highest BCUT2D eigenvalue weighted by Gasteiger charge is 2.18. The number of anilines is 1. The van der Waals surface area contributed by atoms with Gasteiger partial charge in [0, 0.05) is 37.1 Å². The first-order valence-corrected chi connectivity index (χ1v) is 8.96. The molecular weight excluding hydrogens is 396 g/mol. The van der Waals surface area contributed by atoms with Crippen molar-refractivity contribution in [3.8, 4) is 17.4 Å². The number of hydrogen-bond acceptors (Lipinski definition) is 6. The largest absolute Gasteiger partial charge is 0.454 e. The normalized spacial score (nSPS) is 12.3. The molecule has 0 fully saturated rings. The Morgan fingerprint density at radius 1 is 1.27 bits per heavy atom. The van der Waals surface area contributed by atoms with Crippen molar-refractivity contribution >= 4 is 22.6 Å². The number of aromatic nitrogens is 6. The summed E-state index contributed by atoms with van der Waals surface area (Å²) in [6.07, 6.45) is 2.13. The van der Waals surface area contributed by atoms with Gasteiger partial charge in [-0.2, -0.15) is 10.1 Å². The molecule has 1 unspecified atom stereocenters. The van der Waals surface area contributed by atoms with Crippen molar-refractivity contribution in [1.29, 1.82) is 0 Å². The van der Waals surface area contributed by atoms with Crippen molar-refractivity contribution in [3.63, 3.8) is 0 Å². The van der Waals surface area contributed by atoms with E-state index < -0.39 is 12.5 Å². The number of halogens is 2. The van der Waals surface area contributed by atoms with Gasteiger partial charge in [0.25, 0.3) is 12.3 Å². The number of nitrogens with one attached hydrogen (secondary N) is 2. The Balaban J connectivity index is 1.56. The fourth-order valence-electron chi connectivity index (χ4n) is 2.72. The number of alkyl halides is 2. The van der Waals surface area contributed by atoms with Gasteiger partial charge in [-0.3, -0.25) is 9.48 Å². The standard InChI is InChI=1S/C19H17F2N7O2/c1-10(17(20)21)30-19-22-4-3-13(26-19)15-5-11-7-23-16(6-14(11)25-15)27-18(29)12-8-24-28(2)9-12/h3-10,17,25H,1-2H3,(H,23,27,29). The maximum atomic E-state index is 12.7. The molecule has 4 aromatic rings. The Bertz CT molecular complexity index is 1200. The summed E-state index contributed by atoms with van der Waals surface area (Å²) in [6.45, 7) is 1.25. The lowest BCUT2D eigenvalue weighted by Gasteiger charge is -2.11. The van der Waals surface area contributed by atoms with Gasteiger partial charge in [0.15, 0.2) is 6.10 Å². The summed E-state index contributed by atoms with van der Waals surface area (Å²) in [6, 6.07) is 4.98. The van der Waals surface area contributed by atoms with Crippen LogP contribution in [-0.4, -0.2) is 48.2 Å². The molecule has 2 N–H and O–H groups in total. The minimum absolute atomic E-state index is 0.137. The molecule has 1 amide bonds. The number of rotatable bonds is 6. The number of carbonyl (C=O) groups excluding carboxylic acids is 1. The van der Waals surface area contributed by atoms with Crippen LogP contribution in [0.2, 0.25) is 0 Å². The first-order chi connectivity index (χ1) is 14.4. The van der Waals surface area contributed by atoms with Crippen LogP contribution in [0.25, 0.3) is 22.3 Å².